The summed E-state index contributed by atoms with van der Waals surface area (Å²) in [5.74, 6) is 1.22. The zero-order valence-corrected chi connectivity index (χ0v) is 9.59. The van der Waals surface area contributed by atoms with Crippen molar-refractivity contribution in [3.8, 4) is 0 Å². The van der Waals surface area contributed by atoms with Gasteiger partial charge in [0.05, 0.1) is 0 Å². The molecule has 2 saturated carbocycles. The van der Waals surface area contributed by atoms with Crippen LogP contribution in [-0.2, 0) is 9.53 Å². The van der Waals surface area contributed by atoms with Crippen LogP contribution < -0.4 is 0 Å². The maximum atomic E-state index is 11.0. The van der Waals surface area contributed by atoms with Crippen molar-refractivity contribution in [3.63, 3.8) is 0 Å². The number of carbonyl (C=O) groups is 1. The van der Waals surface area contributed by atoms with E-state index >= 15 is 0 Å². The summed E-state index contributed by atoms with van der Waals surface area (Å²) in [6.07, 6.45) is 3.54. The van der Waals surface area contributed by atoms with Gasteiger partial charge in [-0.25, -0.2) is 0 Å². The lowest BCUT2D eigenvalue weighted by atomic mass is 9.90. The second-order valence-corrected chi connectivity index (χ2v) is 5.55. The first-order valence-corrected chi connectivity index (χ1v) is 5.60. The molecule has 2 fully saturated rings. The van der Waals surface area contributed by atoms with Crippen LogP contribution in [0.15, 0.2) is 0 Å². The minimum Gasteiger partial charge on any atom is -0.459 e. The van der Waals surface area contributed by atoms with Gasteiger partial charge >= 0.3 is 5.97 Å². The van der Waals surface area contributed by atoms with Gasteiger partial charge in [0.25, 0.3) is 0 Å². The quantitative estimate of drug-likeness (QED) is 0.635. The fraction of sp³-hybridized carbons (Fsp3) is 0.917. The van der Waals surface area contributed by atoms with Gasteiger partial charge in [0.2, 0.25) is 0 Å². The molecule has 14 heavy (non-hydrogen) atoms. The van der Waals surface area contributed by atoms with Crippen molar-refractivity contribution in [3.05, 3.63) is 0 Å². The van der Waals surface area contributed by atoms with E-state index in [4.69, 9.17) is 4.74 Å². The van der Waals surface area contributed by atoms with E-state index in [1.807, 2.05) is 0 Å². The SMILES string of the molecule is CC(=O)OC1(C)CC[C@]2(C(C)C)C[C@H]12. The van der Waals surface area contributed by atoms with E-state index < -0.39 is 0 Å². The predicted molar refractivity (Wildman–Crippen MR) is 54.8 cm³/mol. The summed E-state index contributed by atoms with van der Waals surface area (Å²) < 4.78 is 5.49. The average Bonchev–Trinajstić information content (AvgIpc) is 2.70. The van der Waals surface area contributed by atoms with Crippen molar-refractivity contribution >= 4 is 5.97 Å². The van der Waals surface area contributed by atoms with Gasteiger partial charge in [0.1, 0.15) is 5.60 Å². The molecule has 2 aliphatic carbocycles. The van der Waals surface area contributed by atoms with Crippen molar-refractivity contribution in [1.82, 2.24) is 0 Å². The molecule has 0 bridgehead atoms. The van der Waals surface area contributed by atoms with Crippen molar-refractivity contribution in [1.29, 1.82) is 0 Å². The summed E-state index contributed by atoms with van der Waals surface area (Å²) in [6, 6.07) is 0. The summed E-state index contributed by atoms with van der Waals surface area (Å²) >= 11 is 0. The normalized spacial score (nSPS) is 45.1. The molecule has 0 N–H and O–H groups in total. The Hall–Kier alpha value is -0.530. The fourth-order valence-electron chi connectivity index (χ4n) is 3.45. The van der Waals surface area contributed by atoms with Crippen molar-refractivity contribution in [2.24, 2.45) is 17.3 Å². The molecule has 2 nitrogen and oxygen atoms in total. The molecule has 0 radical (unpaired) electrons. The first-order valence-electron chi connectivity index (χ1n) is 5.60. The number of carbonyl (C=O) groups excluding carboxylic acids is 1. The van der Waals surface area contributed by atoms with E-state index in [0.717, 1.165) is 12.3 Å². The highest BCUT2D eigenvalue weighted by Crippen LogP contribution is 2.71. The van der Waals surface area contributed by atoms with Gasteiger partial charge in [0, 0.05) is 12.8 Å². The zero-order valence-electron chi connectivity index (χ0n) is 9.59. The predicted octanol–water partition coefficient (Wildman–Crippen LogP) is 2.76. The molecular formula is C12H20O2. The summed E-state index contributed by atoms with van der Waals surface area (Å²) in [7, 11) is 0. The van der Waals surface area contributed by atoms with Crippen molar-refractivity contribution in [2.45, 2.75) is 52.6 Å². The van der Waals surface area contributed by atoms with Crippen LogP contribution in [0.3, 0.4) is 0 Å². The second-order valence-electron chi connectivity index (χ2n) is 5.55. The molecule has 0 aromatic rings. The second kappa shape index (κ2) is 2.74. The zero-order chi connectivity index (χ0) is 10.6. The van der Waals surface area contributed by atoms with E-state index in [1.165, 1.54) is 19.8 Å². The highest BCUT2D eigenvalue weighted by atomic mass is 16.6. The van der Waals surface area contributed by atoms with E-state index in [0.29, 0.717) is 11.3 Å². The van der Waals surface area contributed by atoms with Crippen LogP contribution >= 0.6 is 0 Å². The fourth-order valence-corrected chi connectivity index (χ4v) is 3.45. The molecule has 0 spiro atoms. The Morgan fingerprint density at radius 2 is 2.07 bits per heavy atom. The van der Waals surface area contributed by atoms with Crippen LogP contribution in [-0.4, -0.2) is 11.6 Å². The molecule has 0 aliphatic heterocycles. The Morgan fingerprint density at radius 1 is 1.43 bits per heavy atom. The highest BCUT2D eigenvalue weighted by Gasteiger charge is 2.69. The Kier molecular flexibility index (Phi) is 1.96. The molecule has 80 valence electrons. The Morgan fingerprint density at radius 3 is 2.43 bits per heavy atom. The highest BCUT2D eigenvalue weighted by molar-refractivity contribution is 5.66. The largest absolute Gasteiger partial charge is 0.459 e. The topological polar surface area (TPSA) is 26.3 Å². The third-order valence-corrected chi connectivity index (χ3v) is 4.47. The van der Waals surface area contributed by atoms with Crippen molar-refractivity contribution in [2.75, 3.05) is 0 Å². The van der Waals surface area contributed by atoms with Crippen LogP contribution in [0.2, 0.25) is 0 Å². The third kappa shape index (κ3) is 1.19. The summed E-state index contributed by atoms with van der Waals surface area (Å²) in [5, 5.41) is 0. The minimum absolute atomic E-state index is 0.126. The maximum absolute atomic E-state index is 11.0. The molecule has 2 aliphatic rings. The summed E-state index contributed by atoms with van der Waals surface area (Å²) in [6.45, 7) is 8.21. The van der Waals surface area contributed by atoms with Crippen LogP contribution in [0.5, 0.6) is 0 Å². The van der Waals surface area contributed by atoms with Crippen LogP contribution in [0.25, 0.3) is 0 Å². The van der Waals surface area contributed by atoms with Crippen molar-refractivity contribution < 1.29 is 9.53 Å². The van der Waals surface area contributed by atoms with Gasteiger partial charge in [-0.2, -0.15) is 0 Å². The molecule has 0 saturated heterocycles. The molecule has 1 unspecified atom stereocenters. The van der Waals surface area contributed by atoms with E-state index in [9.17, 15) is 4.79 Å². The average molecular weight is 196 g/mol. The molecular weight excluding hydrogens is 176 g/mol. The number of hydrogen-bond donors (Lipinski definition) is 0. The van der Waals surface area contributed by atoms with Crippen LogP contribution in [0.4, 0.5) is 0 Å². The lowest BCUT2D eigenvalue weighted by molar-refractivity contribution is -0.156. The lowest BCUT2D eigenvalue weighted by Crippen LogP contribution is -2.31. The van der Waals surface area contributed by atoms with E-state index in [-0.39, 0.29) is 11.6 Å². The number of esters is 1. The lowest BCUT2D eigenvalue weighted by Gasteiger charge is -2.25. The monoisotopic (exact) mass is 196 g/mol. The number of hydrogen-bond acceptors (Lipinski definition) is 2. The molecule has 0 aromatic carbocycles. The van der Waals surface area contributed by atoms with Gasteiger partial charge in [-0.05, 0) is 37.5 Å². The molecule has 0 aromatic heterocycles. The Labute approximate surface area is 86.0 Å². The van der Waals surface area contributed by atoms with Gasteiger partial charge in [-0.3, -0.25) is 4.79 Å². The van der Waals surface area contributed by atoms with Gasteiger partial charge in [-0.15, -0.1) is 0 Å². The van der Waals surface area contributed by atoms with Gasteiger partial charge in [-0.1, -0.05) is 13.8 Å². The Bertz CT molecular complexity index is 271. The van der Waals surface area contributed by atoms with E-state index in [1.54, 1.807) is 0 Å². The summed E-state index contributed by atoms with van der Waals surface area (Å²) in [5.41, 5.74) is 0.348. The number of ether oxygens (including phenoxy) is 1. The summed E-state index contributed by atoms with van der Waals surface area (Å²) in [4.78, 5) is 11.0. The van der Waals surface area contributed by atoms with Crippen LogP contribution in [0.1, 0.15) is 47.0 Å². The van der Waals surface area contributed by atoms with Gasteiger partial charge < -0.3 is 4.74 Å². The minimum atomic E-state index is -0.157. The molecule has 2 heteroatoms. The number of rotatable bonds is 2. The third-order valence-electron chi connectivity index (χ3n) is 4.47. The molecule has 0 amide bonds. The molecule has 3 atom stereocenters. The first-order chi connectivity index (χ1) is 6.41. The Balaban J connectivity index is 2.10. The van der Waals surface area contributed by atoms with E-state index in [2.05, 4.69) is 20.8 Å². The molecule has 2 rings (SSSR count). The number of fused-ring (bicyclic) bond motifs is 1. The smallest absolute Gasteiger partial charge is 0.303 e. The molecule has 0 heterocycles. The maximum Gasteiger partial charge on any atom is 0.303 e. The van der Waals surface area contributed by atoms with Gasteiger partial charge in [0.15, 0.2) is 0 Å². The first kappa shape index (κ1) is 10.0. The standard InChI is InChI=1S/C12H20O2/c1-8(2)12-6-5-11(4,10(12)7-12)14-9(3)13/h8,10H,5-7H2,1-4H3/t10-,11?,12-/m1/s1. The van der Waals surface area contributed by atoms with Crippen LogP contribution in [0, 0.1) is 17.3 Å².